The van der Waals surface area contributed by atoms with E-state index in [1.165, 1.54) is 24.5 Å². The smallest absolute Gasteiger partial charge is 0.340 e. The van der Waals surface area contributed by atoms with Gasteiger partial charge in [-0.2, -0.15) is 0 Å². The van der Waals surface area contributed by atoms with Crippen LogP contribution in [0, 0.1) is 0 Å². The van der Waals surface area contributed by atoms with Crippen LogP contribution in [-0.4, -0.2) is 27.9 Å². The number of aromatic nitrogens is 2. The standard InChI is InChI=1S/C18H14BrN3O3S/c1-11(25-17(24)13-7-14(19)9-20-8-13)16(23)22-18-21-15(10-26-18)12-5-3-2-4-6-12/h2-11H,1H3,(H,21,22,23)/t11-/m0/s1. The van der Waals surface area contributed by atoms with Gasteiger partial charge in [-0.1, -0.05) is 30.3 Å². The summed E-state index contributed by atoms with van der Waals surface area (Å²) < 4.78 is 5.83. The monoisotopic (exact) mass is 431 g/mol. The van der Waals surface area contributed by atoms with Crippen LogP contribution in [0.3, 0.4) is 0 Å². The second-order valence-electron chi connectivity index (χ2n) is 5.33. The first-order chi connectivity index (χ1) is 12.5. The van der Waals surface area contributed by atoms with E-state index in [0.717, 1.165) is 11.3 Å². The molecule has 26 heavy (non-hydrogen) atoms. The van der Waals surface area contributed by atoms with Gasteiger partial charge in [0.15, 0.2) is 11.2 Å². The molecular formula is C18H14BrN3O3S. The van der Waals surface area contributed by atoms with Crippen molar-refractivity contribution in [1.29, 1.82) is 0 Å². The Morgan fingerprint density at radius 2 is 2.00 bits per heavy atom. The highest BCUT2D eigenvalue weighted by atomic mass is 79.9. The number of anilines is 1. The molecule has 0 aliphatic carbocycles. The minimum Gasteiger partial charge on any atom is -0.449 e. The lowest BCUT2D eigenvalue weighted by Gasteiger charge is -2.12. The van der Waals surface area contributed by atoms with Gasteiger partial charge in [-0.15, -0.1) is 11.3 Å². The summed E-state index contributed by atoms with van der Waals surface area (Å²) in [6.07, 6.45) is 1.97. The molecule has 0 aliphatic rings. The van der Waals surface area contributed by atoms with Gasteiger partial charge in [0.05, 0.1) is 11.3 Å². The Kier molecular flexibility index (Phi) is 5.75. The average Bonchev–Trinajstić information content (AvgIpc) is 3.11. The number of amides is 1. The maximum atomic E-state index is 12.2. The van der Waals surface area contributed by atoms with E-state index in [0.29, 0.717) is 9.60 Å². The molecule has 2 heterocycles. The molecule has 2 aromatic heterocycles. The first-order valence-electron chi connectivity index (χ1n) is 7.66. The number of ether oxygens (including phenoxy) is 1. The molecule has 0 saturated heterocycles. The molecule has 0 fully saturated rings. The zero-order valence-corrected chi connectivity index (χ0v) is 16.1. The van der Waals surface area contributed by atoms with E-state index in [1.54, 1.807) is 12.3 Å². The minimum atomic E-state index is -0.967. The molecule has 0 radical (unpaired) electrons. The van der Waals surface area contributed by atoms with E-state index >= 15 is 0 Å². The second-order valence-corrected chi connectivity index (χ2v) is 7.11. The molecule has 8 heteroatoms. The third-order valence-electron chi connectivity index (χ3n) is 3.40. The van der Waals surface area contributed by atoms with Gasteiger partial charge in [-0.3, -0.25) is 15.1 Å². The van der Waals surface area contributed by atoms with E-state index in [1.807, 2.05) is 35.7 Å². The van der Waals surface area contributed by atoms with Gasteiger partial charge in [0.2, 0.25) is 0 Å². The number of hydrogen-bond acceptors (Lipinski definition) is 6. The van der Waals surface area contributed by atoms with Crippen LogP contribution in [0.25, 0.3) is 11.3 Å². The first-order valence-corrected chi connectivity index (χ1v) is 9.33. The summed E-state index contributed by atoms with van der Waals surface area (Å²) in [7, 11) is 0. The molecule has 1 N–H and O–H groups in total. The van der Waals surface area contributed by atoms with Gasteiger partial charge in [-0.25, -0.2) is 9.78 Å². The number of nitrogens with one attached hydrogen (secondary N) is 1. The predicted octanol–water partition coefficient (Wildman–Crippen LogP) is 4.15. The van der Waals surface area contributed by atoms with Crippen LogP contribution in [0.5, 0.6) is 0 Å². The van der Waals surface area contributed by atoms with Crippen LogP contribution < -0.4 is 5.32 Å². The maximum absolute atomic E-state index is 12.2. The van der Waals surface area contributed by atoms with Crippen molar-refractivity contribution >= 4 is 44.3 Å². The molecule has 1 amide bonds. The third-order valence-corrected chi connectivity index (χ3v) is 4.59. The molecule has 0 saturated carbocycles. The number of hydrogen-bond donors (Lipinski definition) is 1. The molecule has 6 nitrogen and oxygen atoms in total. The Morgan fingerprint density at radius 3 is 2.73 bits per heavy atom. The normalized spacial score (nSPS) is 11.6. The van der Waals surface area contributed by atoms with Crippen LogP contribution in [0.4, 0.5) is 5.13 Å². The Bertz CT molecular complexity index is 930. The molecule has 1 atom stereocenters. The molecule has 0 aliphatic heterocycles. The van der Waals surface area contributed by atoms with Crippen molar-refractivity contribution in [2.24, 2.45) is 0 Å². The van der Waals surface area contributed by atoms with Crippen LogP contribution in [0.15, 0.2) is 58.6 Å². The third kappa shape index (κ3) is 4.53. The maximum Gasteiger partial charge on any atom is 0.340 e. The largest absolute Gasteiger partial charge is 0.449 e. The summed E-state index contributed by atoms with van der Waals surface area (Å²) in [5, 5.41) is 4.97. The number of benzene rings is 1. The summed E-state index contributed by atoms with van der Waals surface area (Å²) in [5.41, 5.74) is 2.00. The summed E-state index contributed by atoms with van der Waals surface area (Å²) in [5.74, 6) is -1.07. The van der Waals surface area contributed by atoms with Crippen molar-refractivity contribution in [3.05, 3.63) is 64.2 Å². The van der Waals surface area contributed by atoms with Gasteiger partial charge >= 0.3 is 5.97 Å². The van der Waals surface area contributed by atoms with Crippen molar-refractivity contribution in [2.75, 3.05) is 5.32 Å². The minimum absolute atomic E-state index is 0.264. The molecule has 3 aromatic rings. The van der Waals surface area contributed by atoms with Gasteiger partial charge < -0.3 is 4.74 Å². The number of carbonyl (C=O) groups excluding carboxylic acids is 2. The highest BCUT2D eigenvalue weighted by Crippen LogP contribution is 2.24. The fourth-order valence-corrected chi connectivity index (χ4v) is 3.17. The Balaban J connectivity index is 1.61. The van der Waals surface area contributed by atoms with Gasteiger partial charge in [0, 0.05) is 27.8 Å². The molecule has 1 aromatic carbocycles. The number of thiazole rings is 1. The lowest BCUT2D eigenvalue weighted by Crippen LogP contribution is -2.30. The number of carbonyl (C=O) groups is 2. The highest BCUT2D eigenvalue weighted by Gasteiger charge is 2.20. The van der Waals surface area contributed by atoms with E-state index in [2.05, 4.69) is 31.2 Å². The Labute approximate surface area is 162 Å². The molecule has 0 spiro atoms. The number of nitrogens with zero attached hydrogens (tertiary/aromatic N) is 2. The van der Waals surface area contributed by atoms with Gasteiger partial charge in [0.1, 0.15) is 0 Å². The SMILES string of the molecule is C[C@H](OC(=O)c1cncc(Br)c1)C(=O)Nc1nc(-c2ccccc2)cs1. The Morgan fingerprint density at radius 1 is 1.23 bits per heavy atom. The number of halogens is 1. The zero-order chi connectivity index (χ0) is 18.5. The van der Waals surface area contributed by atoms with E-state index in [4.69, 9.17) is 4.74 Å². The predicted molar refractivity (Wildman–Crippen MR) is 103 cm³/mol. The molecule has 3 rings (SSSR count). The zero-order valence-electron chi connectivity index (χ0n) is 13.7. The fraction of sp³-hybridized carbons (Fsp3) is 0.111. The summed E-state index contributed by atoms with van der Waals surface area (Å²) in [6.45, 7) is 1.50. The summed E-state index contributed by atoms with van der Waals surface area (Å²) >= 11 is 4.54. The number of esters is 1. The van der Waals surface area contributed by atoms with Crippen LogP contribution in [-0.2, 0) is 9.53 Å². The molecule has 132 valence electrons. The average molecular weight is 432 g/mol. The summed E-state index contributed by atoms with van der Waals surface area (Å²) in [6, 6.07) is 11.2. The fourth-order valence-electron chi connectivity index (χ4n) is 2.09. The van der Waals surface area contributed by atoms with Crippen LogP contribution >= 0.6 is 27.3 Å². The highest BCUT2D eigenvalue weighted by molar-refractivity contribution is 9.10. The quantitative estimate of drug-likeness (QED) is 0.613. The van der Waals surface area contributed by atoms with Gasteiger partial charge in [-0.05, 0) is 28.9 Å². The topological polar surface area (TPSA) is 81.2 Å². The van der Waals surface area contributed by atoms with Crippen molar-refractivity contribution in [3.8, 4) is 11.3 Å². The summed E-state index contributed by atoms with van der Waals surface area (Å²) in [4.78, 5) is 32.6. The van der Waals surface area contributed by atoms with Crippen molar-refractivity contribution in [1.82, 2.24) is 9.97 Å². The molecule has 0 bridgehead atoms. The number of rotatable bonds is 5. The van der Waals surface area contributed by atoms with E-state index in [9.17, 15) is 9.59 Å². The second kappa shape index (κ2) is 8.20. The van der Waals surface area contributed by atoms with Crippen LogP contribution in [0.2, 0.25) is 0 Å². The van der Waals surface area contributed by atoms with Crippen molar-refractivity contribution in [2.45, 2.75) is 13.0 Å². The number of pyridine rings is 1. The van der Waals surface area contributed by atoms with Crippen molar-refractivity contribution in [3.63, 3.8) is 0 Å². The van der Waals surface area contributed by atoms with E-state index < -0.39 is 18.0 Å². The van der Waals surface area contributed by atoms with Gasteiger partial charge in [0.25, 0.3) is 5.91 Å². The molecular weight excluding hydrogens is 418 g/mol. The van der Waals surface area contributed by atoms with Crippen LogP contribution in [0.1, 0.15) is 17.3 Å². The first kappa shape index (κ1) is 18.2. The molecule has 0 unspecified atom stereocenters. The van der Waals surface area contributed by atoms with E-state index in [-0.39, 0.29) is 5.56 Å². The lowest BCUT2D eigenvalue weighted by atomic mass is 10.2. The van der Waals surface area contributed by atoms with Crippen molar-refractivity contribution < 1.29 is 14.3 Å². The Hall–Kier alpha value is -2.58. The lowest BCUT2D eigenvalue weighted by molar-refractivity contribution is -0.123.